The molecule has 0 bridgehead atoms. The maximum Gasteiger partial charge on any atom is 0.412 e. The van der Waals surface area contributed by atoms with E-state index < -0.39 is 17.3 Å². The number of para-hydroxylation sites is 2. The van der Waals surface area contributed by atoms with E-state index >= 15 is 0 Å². The van der Waals surface area contributed by atoms with Crippen molar-refractivity contribution in [2.45, 2.75) is 26.4 Å². The first kappa shape index (κ1) is 18.5. The van der Waals surface area contributed by atoms with Gasteiger partial charge in [0.25, 0.3) is 0 Å². The predicted octanol–water partition coefficient (Wildman–Crippen LogP) is 4.82. The average Bonchev–Trinajstić information content (AvgIpc) is 2.59. The summed E-state index contributed by atoms with van der Waals surface area (Å²) >= 11 is 0. The Hall–Kier alpha value is -3.28. The Kier molecular flexibility index (Phi) is 4.90. The number of benzene rings is 2. The molecule has 1 amide bonds. The molecule has 1 heterocycles. The van der Waals surface area contributed by atoms with Gasteiger partial charge in [-0.05, 0) is 39.0 Å². The highest BCUT2D eigenvalue weighted by Crippen LogP contribution is 2.31. The third kappa shape index (κ3) is 4.11. The molecule has 27 heavy (non-hydrogen) atoms. The quantitative estimate of drug-likeness (QED) is 0.672. The maximum atomic E-state index is 12.6. The molecular weight excluding hydrogens is 346 g/mol. The van der Waals surface area contributed by atoms with Crippen LogP contribution in [0.3, 0.4) is 0 Å². The second-order valence-corrected chi connectivity index (χ2v) is 7.00. The zero-order valence-corrected chi connectivity index (χ0v) is 15.7. The van der Waals surface area contributed by atoms with Crippen LogP contribution in [0.1, 0.15) is 20.8 Å². The number of hydrogen-bond acceptors (Lipinski definition) is 5. The number of methoxy groups -OCH3 is 1. The number of carbonyl (C=O) groups is 1. The van der Waals surface area contributed by atoms with Crippen molar-refractivity contribution in [3.05, 3.63) is 59.0 Å². The maximum absolute atomic E-state index is 12.6. The molecule has 0 saturated heterocycles. The average molecular weight is 367 g/mol. The summed E-state index contributed by atoms with van der Waals surface area (Å²) in [6, 6.07) is 14.1. The molecule has 0 fully saturated rings. The van der Waals surface area contributed by atoms with Crippen LogP contribution in [0.5, 0.6) is 5.75 Å². The van der Waals surface area contributed by atoms with Gasteiger partial charge >= 0.3 is 11.7 Å². The summed E-state index contributed by atoms with van der Waals surface area (Å²) in [5, 5.41) is 3.42. The van der Waals surface area contributed by atoms with Crippen LogP contribution < -0.4 is 15.7 Å². The van der Waals surface area contributed by atoms with Gasteiger partial charge in [-0.15, -0.1) is 0 Å². The van der Waals surface area contributed by atoms with Crippen LogP contribution in [0.4, 0.5) is 10.5 Å². The number of fused-ring (bicyclic) bond motifs is 1. The highest BCUT2D eigenvalue weighted by atomic mass is 16.6. The fourth-order valence-corrected chi connectivity index (χ4v) is 2.71. The highest BCUT2D eigenvalue weighted by molar-refractivity contribution is 5.93. The van der Waals surface area contributed by atoms with Crippen LogP contribution in [-0.4, -0.2) is 18.8 Å². The Bertz CT molecular complexity index is 1050. The second-order valence-electron chi connectivity index (χ2n) is 7.00. The van der Waals surface area contributed by atoms with Gasteiger partial charge in [0, 0.05) is 10.9 Å². The predicted molar refractivity (Wildman–Crippen MR) is 104 cm³/mol. The van der Waals surface area contributed by atoms with Crippen molar-refractivity contribution in [2.24, 2.45) is 0 Å². The SMILES string of the molecule is COc1cccc2cc(-c3ccccc3NC(=O)OC(C)(C)C)c(=O)oc12. The van der Waals surface area contributed by atoms with Gasteiger partial charge in [-0.2, -0.15) is 0 Å². The summed E-state index contributed by atoms with van der Waals surface area (Å²) in [7, 11) is 1.52. The lowest BCUT2D eigenvalue weighted by atomic mass is 10.0. The Morgan fingerprint density at radius 3 is 2.48 bits per heavy atom. The molecule has 0 saturated carbocycles. The number of rotatable bonds is 3. The minimum Gasteiger partial charge on any atom is -0.493 e. The number of amides is 1. The Morgan fingerprint density at radius 2 is 1.78 bits per heavy atom. The van der Waals surface area contributed by atoms with Crippen LogP contribution in [0.2, 0.25) is 0 Å². The molecule has 0 unspecified atom stereocenters. The van der Waals surface area contributed by atoms with Gasteiger partial charge in [0.05, 0.1) is 18.4 Å². The van der Waals surface area contributed by atoms with E-state index in [1.54, 1.807) is 57.2 Å². The van der Waals surface area contributed by atoms with Crippen LogP contribution in [0.25, 0.3) is 22.1 Å². The number of ether oxygens (including phenoxy) is 2. The number of nitrogens with one attached hydrogen (secondary N) is 1. The van der Waals surface area contributed by atoms with E-state index in [1.807, 2.05) is 12.1 Å². The zero-order valence-electron chi connectivity index (χ0n) is 15.7. The van der Waals surface area contributed by atoms with Crippen LogP contribution >= 0.6 is 0 Å². The Balaban J connectivity index is 2.06. The molecule has 0 atom stereocenters. The van der Waals surface area contributed by atoms with Crippen molar-refractivity contribution in [3.8, 4) is 16.9 Å². The van der Waals surface area contributed by atoms with E-state index in [0.29, 0.717) is 28.1 Å². The molecule has 0 aliphatic heterocycles. The summed E-state index contributed by atoms with van der Waals surface area (Å²) in [6.45, 7) is 5.34. The molecule has 3 aromatic rings. The third-order valence-corrected chi connectivity index (χ3v) is 3.80. The molecule has 6 nitrogen and oxygen atoms in total. The van der Waals surface area contributed by atoms with Crippen molar-refractivity contribution in [2.75, 3.05) is 12.4 Å². The smallest absolute Gasteiger partial charge is 0.412 e. The van der Waals surface area contributed by atoms with Crippen LogP contribution in [0.15, 0.2) is 57.7 Å². The van der Waals surface area contributed by atoms with Crippen molar-refractivity contribution in [1.29, 1.82) is 0 Å². The van der Waals surface area contributed by atoms with Crippen molar-refractivity contribution in [1.82, 2.24) is 0 Å². The van der Waals surface area contributed by atoms with Gasteiger partial charge in [-0.3, -0.25) is 5.32 Å². The van der Waals surface area contributed by atoms with Gasteiger partial charge in [-0.1, -0.05) is 30.3 Å². The lowest BCUT2D eigenvalue weighted by Crippen LogP contribution is -2.27. The summed E-state index contributed by atoms with van der Waals surface area (Å²) < 4.78 is 16.0. The third-order valence-electron chi connectivity index (χ3n) is 3.80. The highest BCUT2D eigenvalue weighted by Gasteiger charge is 2.19. The molecule has 140 valence electrons. The molecule has 2 aromatic carbocycles. The van der Waals surface area contributed by atoms with Gasteiger partial charge in [-0.25, -0.2) is 9.59 Å². The summed E-state index contributed by atoms with van der Waals surface area (Å²) in [5.74, 6) is 0.483. The lowest BCUT2D eigenvalue weighted by molar-refractivity contribution is 0.0636. The first-order valence-corrected chi connectivity index (χ1v) is 8.49. The van der Waals surface area contributed by atoms with E-state index in [0.717, 1.165) is 5.39 Å². The van der Waals surface area contributed by atoms with E-state index in [-0.39, 0.29) is 0 Å². The largest absolute Gasteiger partial charge is 0.493 e. The minimum absolute atomic E-state index is 0.336. The van der Waals surface area contributed by atoms with Crippen molar-refractivity contribution < 1.29 is 18.7 Å². The Morgan fingerprint density at radius 1 is 1.04 bits per heavy atom. The van der Waals surface area contributed by atoms with E-state index in [4.69, 9.17) is 13.9 Å². The van der Waals surface area contributed by atoms with Gasteiger partial charge in [0.15, 0.2) is 11.3 Å². The van der Waals surface area contributed by atoms with E-state index in [9.17, 15) is 9.59 Å². The molecule has 1 N–H and O–H groups in total. The lowest BCUT2D eigenvalue weighted by Gasteiger charge is -2.20. The topological polar surface area (TPSA) is 77.8 Å². The second kappa shape index (κ2) is 7.15. The van der Waals surface area contributed by atoms with E-state index in [2.05, 4.69) is 5.32 Å². The zero-order chi connectivity index (χ0) is 19.6. The van der Waals surface area contributed by atoms with Crippen molar-refractivity contribution >= 4 is 22.7 Å². The molecule has 0 radical (unpaired) electrons. The first-order valence-electron chi connectivity index (χ1n) is 8.49. The van der Waals surface area contributed by atoms with Crippen LogP contribution in [-0.2, 0) is 4.74 Å². The molecule has 1 aromatic heterocycles. The number of carbonyl (C=O) groups excluding carboxylic acids is 1. The number of hydrogen-bond donors (Lipinski definition) is 1. The minimum atomic E-state index is -0.627. The van der Waals surface area contributed by atoms with Gasteiger partial charge in [0.2, 0.25) is 0 Å². The normalized spacial score (nSPS) is 11.3. The van der Waals surface area contributed by atoms with Crippen molar-refractivity contribution in [3.63, 3.8) is 0 Å². The van der Waals surface area contributed by atoms with Gasteiger partial charge < -0.3 is 13.9 Å². The first-order chi connectivity index (χ1) is 12.8. The molecular formula is C21H21NO5. The van der Waals surface area contributed by atoms with E-state index in [1.165, 1.54) is 7.11 Å². The Labute approximate surface area is 156 Å². The molecule has 0 spiro atoms. The van der Waals surface area contributed by atoms with Crippen LogP contribution in [0, 0.1) is 0 Å². The number of anilines is 1. The summed E-state index contributed by atoms with van der Waals surface area (Å²) in [6.07, 6.45) is -0.596. The monoisotopic (exact) mass is 367 g/mol. The van der Waals surface area contributed by atoms with Gasteiger partial charge in [0.1, 0.15) is 5.60 Å². The standard InChI is InChI=1S/C21H21NO5/c1-21(2,3)27-20(24)22-16-10-6-5-9-14(16)15-12-13-8-7-11-17(25-4)18(13)26-19(15)23/h5-12H,1-4H3,(H,22,24). The fraction of sp³-hybridized carbons (Fsp3) is 0.238. The summed E-state index contributed by atoms with van der Waals surface area (Å²) in [5.41, 5.74) is 0.569. The molecule has 6 heteroatoms. The molecule has 0 aliphatic carbocycles. The summed E-state index contributed by atoms with van der Waals surface area (Å²) in [4.78, 5) is 24.7. The molecule has 0 aliphatic rings. The fourth-order valence-electron chi connectivity index (χ4n) is 2.71. The molecule has 3 rings (SSSR count).